The topological polar surface area (TPSA) is 126 Å². The molecule has 45 valence electrons. The summed E-state index contributed by atoms with van der Waals surface area (Å²) >= 11 is 0. The molecule has 0 aliphatic heterocycles. The van der Waals surface area contributed by atoms with Gasteiger partial charge in [0.05, 0.1) is 0 Å². The van der Waals surface area contributed by atoms with Crippen molar-refractivity contribution >= 4 is 26.2 Å². The van der Waals surface area contributed by atoms with Gasteiger partial charge in [0, 0.05) is 18.6 Å². The van der Waals surface area contributed by atoms with Gasteiger partial charge >= 0.3 is 26.2 Å². The summed E-state index contributed by atoms with van der Waals surface area (Å²) in [4.78, 5) is 0. The van der Waals surface area contributed by atoms with E-state index in [0.29, 0.717) is 0 Å². The molecule has 0 amide bonds. The maximum absolute atomic E-state index is 0. The van der Waals surface area contributed by atoms with Gasteiger partial charge in [-0.05, 0) is 0 Å². The fourth-order valence-corrected chi connectivity index (χ4v) is 0. The second-order valence-corrected chi connectivity index (χ2v) is 0. The zero-order chi connectivity index (χ0) is 0. The summed E-state index contributed by atoms with van der Waals surface area (Å²) in [5, 5.41) is 0. The molecule has 6 heteroatoms. The second-order valence-electron chi connectivity index (χ2n) is 0. The minimum absolute atomic E-state index is 0. The van der Waals surface area contributed by atoms with Crippen LogP contribution >= 0.6 is 0 Å². The van der Waals surface area contributed by atoms with Crippen LogP contribution in [0.2, 0.25) is 0 Å². The van der Waals surface area contributed by atoms with Crippen molar-refractivity contribution in [1.82, 2.24) is 0 Å². The minimum Gasteiger partial charge on any atom is 0 e. The van der Waals surface area contributed by atoms with Crippen LogP contribution in [-0.4, -0.2) is 48.1 Å². The van der Waals surface area contributed by atoms with Crippen LogP contribution in [0.3, 0.4) is 0 Å². The molecular weight excluding hydrogens is 324 g/mol. The fourth-order valence-electron chi connectivity index (χ4n) is 0. The Morgan fingerprint density at radius 2 is 0.500 bits per heavy atom. The van der Waals surface area contributed by atoms with Crippen molar-refractivity contribution in [1.29, 1.82) is 0 Å². The van der Waals surface area contributed by atoms with E-state index in [1.165, 1.54) is 0 Å². The monoisotopic (exact) mass is 335 g/mol. The molecule has 0 aliphatic rings. The third-order valence-corrected chi connectivity index (χ3v) is 0. The van der Waals surface area contributed by atoms with E-state index >= 15 is 0 Å². The molecule has 0 unspecified atom stereocenters. The van der Waals surface area contributed by atoms with E-state index < -0.39 is 0 Å². The summed E-state index contributed by atoms with van der Waals surface area (Å²) in [7, 11) is 0. The summed E-state index contributed by atoms with van der Waals surface area (Å²) < 4.78 is 0. The average molecular weight is 335 g/mol. The molecule has 0 spiro atoms. The molecule has 0 fully saturated rings. The second kappa shape index (κ2) is 104. The van der Waals surface area contributed by atoms with Crippen molar-refractivity contribution in [3.8, 4) is 0 Å². The Morgan fingerprint density at radius 1 is 0.500 bits per heavy atom. The Balaban J connectivity index is 0. The number of hydrogen-bond donors (Lipinski definition) is 0. The molecule has 0 saturated heterocycles. The molecule has 0 aromatic heterocycles. The standard InChI is InChI=1S/Bi.4H2O.V.3H/h;4*1H2;;;;. The average Bonchev–Trinajstić information content (AvgIpc) is 0. The zero-order valence-electron chi connectivity index (χ0n) is 3.15. The van der Waals surface area contributed by atoms with Crippen molar-refractivity contribution in [2.75, 3.05) is 0 Å². The molecule has 0 atom stereocenters. The summed E-state index contributed by atoms with van der Waals surface area (Å²) in [6.45, 7) is 0. The SMILES string of the molecule is O.O.O.O.[BiH3].[V]. The van der Waals surface area contributed by atoms with Crippen LogP contribution in [0.4, 0.5) is 0 Å². The molecule has 1 radical (unpaired) electrons. The van der Waals surface area contributed by atoms with Gasteiger partial charge in [-0.2, -0.15) is 0 Å². The molecule has 8 N–H and O–H groups in total. The predicted molar refractivity (Wildman–Crippen MR) is 24.4 cm³/mol. The fraction of sp³-hybridized carbons (Fsp3) is 0. The van der Waals surface area contributed by atoms with E-state index in [0.717, 1.165) is 0 Å². The third kappa shape index (κ3) is 57.6. The van der Waals surface area contributed by atoms with Gasteiger partial charge in [-0.1, -0.05) is 0 Å². The molecule has 0 aliphatic carbocycles. The molecule has 0 aromatic carbocycles. The molecule has 4 nitrogen and oxygen atoms in total. The molecule has 6 heavy (non-hydrogen) atoms. The summed E-state index contributed by atoms with van der Waals surface area (Å²) in [6.07, 6.45) is 0. The van der Waals surface area contributed by atoms with Crippen LogP contribution < -0.4 is 0 Å². The van der Waals surface area contributed by atoms with E-state index in [-0.39, 0.29) is 66.7 Å². The molecular formula is H11BiO4V. The predicted octanol–water partition coefficient (Wildman–Crippen LogP) is -4.49. The summed E-state index contributed by atoms with van der Waals surface area (Å²) in [5.41, 5.74) is 0. The van der Waals surface area contributed by atoms with E-state index in [2.05, 4.69) is 0 Å². The Labute approximate surface area is 66.5 Å². The van der Waals surface area contributed by atoms with Crippen LogP contribution in [-0.2, 0) is 18.6 Å². The smallest absolute Gasteiger partial charge is 0 e. The van der Waals surface area contributed by atoms with Gasteiger partial charge < -0.3 is 21.9 Å². The van der Waals surface area contributed by atoms with Gasteiger partial charge in [0.1, 0.15) is 0 Å². The first-order valence-corrected chi connectivity index (χ1v) is 0. The molecule has 0 saturated carbocycles. The van der Waals surface area contributed by atoms with Crippen LogP contribution in [0.15, 0.2) is 0 Å². The van der Waals surface area contributed by atoms with Crippen LogP contribution in [0.25, 0.3) is 0 Å². The van der Waals surface area contributed by atoms with Crippen molar-refractivity contribution in [2.24, 2.45) is 0 Å². The first-order chi connectivity index (χ1) is 0. The van der Waals surface area contributed by atoms with E-state index in [1.54, 1.807) is 0 Å². The molecule has 0 rings (SSSR count). The quantitative estimate of drug-likeness (QED) is 0.396. The van der Waals surface area contributed by atoms with Gasteiger partial charge in [0.2, 0.25) is 0 Å². The minimum atomic E-state index is 0. The van der Waals surface area contributed by atoms with Crippen LogP contribution in [0, 0.1) is 0 Å². The third-order valence-electron chi connectivity index (χ3n) is 0. The van der Waals surface area contributed by atoms with Gasteiger partial charge in [-0.3, -0.25) is 0 Å². The maximum atomic E-state index is 0. The van der Waals surface area contributed by atoms with Gasteiger partial charge in [-0.15, -0.1) is 0 Å². The van der Waals surface area contributed by atoms with Gasteiger partial charge in [0.15, 0.2) is 0 Å². The number of hydrogen-bond acceptors (Lipinski definition) is 0. The molecule has 0 heterocycles. The Hall–Kier alpha value is 1.31. The van der Waals surface area contributed by atoms with Crippen molar-refractivity contribution in [3.05, 3.63) is 0 Å². The molecule has 0 aromatic rings. The summed E-state index contributed by atoms with van der Waals surface area (Å²) in [6, 6.07) is 0. The largest absolute Gasteiger partial charge is 0 e. The van der Waals surface area contributed by atoms with Crippen LogP contribution in [0.5, 0.6) is 0 Å². The van der Waals surface area contributed by atoms with Crippen LogP contribution in [0.1, 0.15) is 0 Å². The van der Waals surface area contributed by atoms with Crippen molar-refractivity contribution in [3.63, 3.8) is 0 Å². The maximum Gasteiger partial charge on any atom is 0 e. The molecule has 0 bridgehead atoms. The van der Waals surface area contributed by atoms with Crippen molar-refractivity contribution in [2.45, 2.75) is 0 Å². The van der Waals surface area contributed by atoms with Gasteiger partial charge in [0.25, 0.3) is 0 Å². The number of rotatable bonds is 0. The first kappa shape index (κ1) is 170. The Bertz CT molecular complexity index is 7.51. The van der Waals surface area contributed by atoms with E-state index in [4.69, 9.17) is 0 Å². The zero-order valence-corrected chi connectivity index (χ0v) is 10.0. The first-order valence-electron chi connectivity index (χ1n) is 0. The van der Waals surface area contributed by atoms with Gasteiger partial charge in [-0.25, -0.2) is 0 Å². The Kier molecular flexibility index (Phi) is 2950. The van der Waals surface area contributed by atoms with Crippen molar-refractivity contribution < 1.29 is 40.5 Å². The Morgan fingerprint density at radius 3 is 0.500 bits per heavy atom. The van der Waals surface area contributed by atoms with E-state index in [9.17, 15) is 0 Å². The summed E-state index contributed by atoms with van der Waals surface area (Å²) in [5.74, 6) is 0. The normalized spacial score (nSPS) is 0. The van der Waals surface area contributed by atoms with E-state index in [1.807, 2.05) is 0 Å².